The first-order valence-corrected chi connectivity index (χ1v) is 6.72. The van der Waals surface area contributed by atoms with Gasteiger partial charge in [-0.15, -0.1) is 10.2 Å². The Hall–Kier alpha value is -1.77. The van der Waals surface area contributed by atoms with Crippen LogP contribution < -0.4 is 5.73 Å². The fourth-order valence-corrected chi connectivity index (χ4v) is 2.05. The van der Waals surface area contributed by atoms with Crippen LogP contribution in [0.25, 0.3) is 0 Å². The largest absolute Gasteiger partial charge is 0.481 e. The summed E-state index contributed by atoms with van der Waals surface area (Å²) >= 11 is 1.04. The topological polar surface area (TPSA) is 120 Å². The van der Waals surface area contributed by atoms with Crippen molar-refractivity contribution in [3.63, 3.8) is 0 Å². The molecule has 8 nitrogen and oxygen atoms in total. The third kappa shape index (κ3) is 5.16. The standard InChI is InChI=1S/C10H16N4O4S/c1-2-18-8(17)4-3-5-14-9(11)12-13-10(14)19-6-7(15)16/h2-6H2,1H3,(H2,11,12)(H,15,16). The highest BCUT2D eigenvalue weighted by atomic mass is 32.2. The van der Waals surface area contributed by atoms with Crippen LogP contribution in [0.3, 0.4) is 0 Å². The second-order valence-corrected chi connectivity index (χ2v) is 4.53. The lowest BCUT2D eigenvalue weighted by Crippen LogP contribution is -2.09. The summed E-state index contributed by atoms with van der Waals surface area (Å²) < 4.78 is 6.40. The molecule has 0 fully saturated rings. The Morgan fingerprint density at radius 1 is 1.47 bits per heavy atom. The van der Waals surface area contributed by atoms with Crippen LogP contribution in [-0.4, -0.2) is 44.2 Å². The summed E-state index contributed by atoms with van der Waals surface area (Å²) in [4.78, 5) is 21.7. The third-order valence-electron chi connectivity index (χ3n) is 2.14. The molecular weight excluding hydrogens is 272 g/mol. The van der Waals surface area contributed by atoms with E-state index in [1.807, 2.05) is 0 Å². The van der Waals surface area contributed by atoms with E-state index < -0.39 is 5.97 Å². The first kappa shape index (κ1) is 15.3. The number of carboxylic acids is 1. The van der Waals surface area contributed by atoms with Gasteiger partial charge in [0.05, 0.1) is 12.4 Å². The number of anilines is 1. The average molecular weight is 288 g/mol. The van der Waals surface area contributed by atoms with Crippen molar-refractivity contribution >= 4 is 29.6 Å². The molecule has 0 spiro atoms. The molecule has 0 unspecified atom stereocenters. The minimum Gasteiger partial charge on any atom is -0.481 e. The van der Waals surface area contributed by atoms with Gasteiger partial charge >= 0.3 is 11.9 Å². The molecule has 1 rings (SSSR count). The zero-order valence-electron chi connectivity index (χ0n) is 10.5. The van der Waals surface area contributed by atoms with Crippen LogP contribution in [0.1, 0.15) is 19.8 Å². The van der Waals surface area contributed by atoms with Gasteiger partial charge in [0.25, 0.3) is 0 Å². The molecule has 0 amide bonds. The van der Waals surface area contributed by atoms with Crippen LogP contribution in [-0.2, 0) is 20.9 Å². The van der Waals surface area contributed by atoms with Crippen molar-refractivity contribution in [2.24, 2.45) is 0 Å². The number of nitrogens with two attached hydrogens (primary N) is 1. The van der Waals surface area contributed by atoms with E-state index in [1.54, 1.807) is 11.5 Å². The van der Waals surface area contributed by atoms with Gasteiger partial charge < -0.3 is 15.6 Å². The lowest BCUT2D eigenvalue weighted by atomic mass is 10.3. The zero-order valence-corrected chi connectivity index (χ0v) is 11.4. The molecule has 9 heteroatoms. The molecule has 106 valence electrons. The van der Waals surface area contributed by atoms with Crippen molar-refractivity contribution in [1.29, 1.82) is 0 Å². The smallest absolute Gasteiger partial charge is 0.313 e. The van der Waals surface area contributed by atoms with Gasteiger partial charge in [-0.1, -0.05) is 11.8 Å². The maximum absolute atomic E-state index is 11.2. The number of aromatic nitrogens is 3. The normalized spacial score (nSPS) is 10.4. The lowest BCUT2D eigenvalue weighted by molar-refractivity contribution is -0.143. The Kier molecular flexibility index (Phi) is 6.13. The van der Waals surface area contributed by atoms with Crippen molar-refractivity contribution in [1.82, 2.24) is 14.8 Å². The van der Waals surface area contributed by atoms with E-state index in [9.17, 15) is 9.59 Å². The highest BCUT2D eigenvalue weighted by Crippen LogP contribution is 2.18. The van der Waals surface area contributed by atoms with Crippen LogP contribution >= 0.6 is 11.8 Å². The number of ether oxygens (including phenoxy) is 1. The third-order valence-corrected chi connectivity index (χ3v) is 3.09. The first-order chi connectivity index (χ1) is 9.04. The summed E-state index contributed by atoms with van der Waals surface area (Å²) in [5.41, 5.74) is 5.64. The number of nitrogens with zero attached hydrogens (tertiary/aromatic N) is 3. The molecule has 0 radical (unpaired) electrons. The molecular formula is C10H16N4O4S. The van der Waals surface area contributed by atoms with Crippen LogP contribution in [0.5, 0.6) is 0 Å². The van der Waals surface area contributed by atoms with Gasteiger partial charge in [0.15, 0.2) is 5.16 Å². The summed E-state index contributed by atoms with van der Waals surface area (Å²) in [6.45, 7) is 2.54. The molecule has 0 aromatic carbocycles. The number of hydrogen-bond acceptors (Lipinski definition) is 7. The molecule has 0 atom stereocenters. The number of thioether (sulfide) groups is 1. The van der Waals surface area contributed by atoms with E-state index >= 15 is 0 Å². The van der Waals surface area contributed by atoms with E-state index in [0.29, 0.717) is 24.7 Å². The molecule has 1 aromatic heterocycles. The molecule has 3 N–H and O–H groups in total. The van der Waals surface area contributed by atoms with Crippen LogP contribution in [0.15, 0.2) is 5.16 Å². The van der Waals surface area contributed by atoms with Crippen molar-refractivity contribution in [2.75, 3.05) is 18.1 Å². The van der Waals surface area contributed by atoms with Gasteiger partial charge in [-0.05, 0) is 13.3 Å². The number of carbonyl (C=O) groups is 2. The van der Waals surface area contributed by atoms with E-state index in [1.165, 1.54) is 0 Å². The average Bonchev–Trinajstić information content (AvgIpc) is 2.69. The van der Waals surface area contributed by atoms with Crippen molar-refractivity contribution in [3.05, 3.63) is 0 Å². The summed E-state index contributed by atoms with van der Waals surface area (Å²) in [7, 11) is 0. The number of carboxylic acid groups (broad SMARTS) is 1. The highest BCUT2D eigenvalue weighted by molar-refractivity contribution is 7.99. The summed E-state index contributed by atoms with van der Waals surface area (Å²) in [5, 5.41) is 16.5. The summed E-state index contributed by atoms with van der Waals surface area (Å²) in [6.07, 6.45) is 0.802. The number of aliphatic carboxylic acids is 1. The molecule has 0 saturated carbocycles. The summed E-state index contributed by atoms with van der Waals surface area (Å²) in [5.74, 6) is -1.12. The van der Waals surface area contributed by atoms with E-state index in [-0.39, 0.29) is 24.1 Å². The minimum atomic E-state index is -0.940. The predicted octanol–water partition coefficient (Wildman–Crippen LogP) is 0.380. The minimum absolute atomic E-state index is 0.115. The molecule has 0 aliphatic carbocycles. The van der Waals surface area contributed by atoms with E-state index in [4.69, 9.17) is 15.6 Å². The Bertz CT molecular complexity index is 449. The van der Waals surface area contributed by atoms with Gasteiger partial charge in [0.2, 0.25) is 5.95 Å². The highest BCUT2D eigenvalue weighted by Gasteiger charge is 2.12. The monoisotopic (exact) mass is 288 g/mol. The molecule has 0 aliphatic heterocycles. The Morgan fingerprint density at radius 2 is 2.21 bits per heavy atom. The fraction of sp³-hybridized carbons (Fsp3) is 0.600. The molecule has 1 heterocycles. The molecule has 0 aliphatic rings. The Morgan fingerprint density at radius 3 is 2.84 bits per heavy atom. The first-order valence-electron chi connectivity index (χ1n) is 5.73. The van der Waals surface area contributed by atoms with Crippen molar-refractivity contribution < 1.29 is 19.4 Å². The lowest BCUT2D eigenvalue weighted by Gasteiger charge is -2.06. The van der Waals surface area contributed by atoms with Gasteiger partial charge in [-0.2, -0.15) is 0 Å². The van der Waals surface area contributed by atoms with Gasteiger partial charge in [0, 0.05) is 13.0 Å². The Balaban J connectivity index is 2.50. The fourth-order valence-electron chi connectivity index (χ4n) is 1.36. The number of esters is 1. The number of carbonyl (C=O) groups excluding carboxylic acids is 1. The van der Waals surface area contributed by atoms with Crippen LogP contribution in [0.2, 0.25) is 0 Å². The number of nitrogen functional groups attached to an aromatic ring is 1. The van der Waals surface area contributed by atoms with Crippen LogP contribution in [0.4, 0.5) is 5.95 Å². The summed E-state index contributed by atoms with van der Waals surface area (Å²) in [6, 6.07) is 0. The SMILES string of the molecule is CCOC(=O)CCCn1c(N)nnc1SCC(=O)O. The maximum atomic E-state index is 11.2. The quantitative estimate of drug-likeness (QED) is 0.520. The maximum Gasteiger partial charge on any atom is 0.313 e. The van der Waals surface area contributed by atoms with E-state index in [0.717, 1.165) is 11.8 Å². The van der Waals surface area contributed by atoms with Gasteiger partial charge in [0.1, 0.15) is 0 Å². The van der Waals surface area contributed by atoms with Crippen molar-refractivity contribution in [3.8, 4) is 0 Å². The van der Waals surface area contributed by atoms with Crippen LogP contribution in [0, 0.1) is 0 Å². The molecule has 0 saturated heterocycles. The van der Waals surface area contributed by atoms with E-state index in [2.05, 4.69) is 10.2 Å². The predicted molar refractivity (Wildman–Crippen MR) is 68.7 cm³/mol. The number of rotatable bonds is 8. The van der Waals surface area contributed by atoms with Crippen molar-refractivity contribution in [2.45, 2.75) is 31.5 Å². The molecule has 0 bridgehead atoms. The Labute approximate surface area is 114 Å². The zero-order chi connectivity index (χ0) is 14.3. The second kappa shape index (κ2) is 7.62. The van der Waals surface area contributed by atoms with Gasteiger partial charge in [-0.25, -0.2) is 0 Å². The molecule has 19 heavy (non-hydrogen) atoms. The second-order valence-electron chi connectivity index (χ2n) is 3.58. The van der Waals surface area contributed by atoms with Gasteiger partial charge in [-0.3, -0.25) is 14.2 Å². The molecule has 1 aromatic rings. The number of hydrogen-bond donors (Lipinski definition) is 2.